The lowest BCUT2D eigenvalue weighted by Gasteiger charge is -2.45. The Morgan fingerprint density at radius 3 is 2.85 bits per heavy atom. The molecule has 1 aliphatic carbocycles. The van der Waals surface area contributed by atoms with Crippen LogP contribution in [0.1, 0.15) is 44.1 Å². The third kappa shape index (κ3) is 4.10. The van der Waals surface area contributed by atoms with Crippen molar-refractivity contribution in [3.05, 3.63) is 30.1 Å². The van der Waals surface area contributed by atoms with Crippen molar-refractivity contribution in [2.75, 3.05) is 32.9 Å². The number of morpholine rings is 1. The number of carbonyl (C=O) groups is 1. The Balaban J connectivity index is 1.30. The molecule has 2 saturated heterocycles. The lowest BCUT2D eigenvalue weighted by molar-refractivity contribution is -0.160. The van der Waals surface area contributed by atoms with E-state index in [-0.39, 0.29) is 17.7 Å². The zero-order valence-electron chi connectivity index (χ0n) is 15.7. The number of hydrogen-bond donors (Lipinski definition) is 2. The van der Waals surface area contributed by atoms with Gasteiger partial charge in [0.1, 0.15) is 5.60 Å². The summed E-state index contributed by atoms with van der Waals surface area (Å²) in [5.41, 5.74) is -0.305. The van der Waals surface area contributed by atoms with Crippen molar-refractivity contribution < 1.29 is 19.4 Å². The maximum atomic E-state index is 12.8. The van der Waals surface area contributed by atoms with E-state index in [1.165, 1.54) is 0 Å². The molecular weight excluding hydrogens is 346 g/mol. The number of nitrogens with one attached hydrogen (secondary N) is 1. The summed E-state index contributed by atoms with van der Waals surface area (Å²) in [5, 5.41) is 14.1. The molecule has 1 unspecified atom stereocenters. The quantitative estimate of drug-likeness (QED) is 0.824. The predicted octanol–water partition coefficient (Wildman–Crippen LogP) is 1.80. The number of ether oxygens (including phenoxy) is 2. The molecule has 2 aliphatic heterocycles. The van der Waals surface area contributed by atoms with Gasteiger partial charge in [-0.1, -0.05) is 6.07 Å². The highest BCUT2D eigenvalue weighted by atomic mass is 16.5. The zero-order chi connectivity index (χ0) is 18.7. The third-order valence-corrected chi connectivity index (χ3v) is 6.16. The number of urea groups is 1. The molecule has 7 heteroatoms. The lowest BCUT2D eigenvalue weighted by atomic mass is 9.78. The molecule has 1 spiro atoms. The van der Waals surface area contributed by atoms with Crippen molar-refractivity contribution in [2.45, 2.75) is 55.8 Å². The maximum absolute atomic E-state index is 12.8. The minimum atomic E-state index is -0.835. The van der Waals surface area contributed by atoms with Gasteiger partial charge in [0, 0.05) is 37.2 Å². The Labute approximate surface area is 160 Å². The van der Waals surface area contributed by atoms with Gasteiger partial charge in [0.05, 0.1) is 25.4 Å². The average molecular weight is 375 g/mol. The Hall–Kier alpha value is -1.70. The summed E-state index contributed by atoms with van der Waals surface area (Å²) in [7, 11) is 0. The van der Waals surface area contributed by atoms with Gasteiger partial charge < -0.3 is 24.8 Å². The predicted molar refractivity (Wildman–Crippen MR) is 99.2 cm³/mol. The number of carbonyl (C=O) groups excluding carboxylic acids is 1. The van der Waals surface area contributed by atoms with Crippen molar-refractivity contribution in [3.63, 3.8) is 0 Å². The first-order chi connectivity index (χ1) is 13.1. The lowest BCUT2D eigenvalue weighted by Crippen LogP contribution is -2.60. The zero-order valence-corrected chi connectivity index (χ0v) is 15.7. The molecular formula is C20H29N3O4. The van der Waals surface area contributed by atoms with Crippen molar-refractivity contribution >= 4 is 6.03 Å². The molecule has 1 saturated carbocycles. The summed E-state index contributed by atoms with van der Waals surface area (Å²) in [5.74, 6) is 0. The van der Waals surface area contributed by atoms with E-state index >= 15 is 0 Å². The van der Waals surface area contributed by atoms with E-state index in [4.69, 9.17) is 9.47 Å². The van der Waals surface area contributed by atoms with Crippen LogP contribution in [-0.2, 0) is 15.1 Å². The smallest absolute Gasteiger partial charge is 0.317 e. The summed E-state index contributed by atoms with van der Waals surface area (Å²) in [4.78, 5) is 18.7. The van der Waals surface area contributed by atoms with Crippen LogP contribution in [0.2, 0.25) is 0 Å². The summed E-state index contributed by atoms with van der Waals surface area (Å²) in [6.45, 7) is 3.10. The van der Waals surface area contributed by atoms with Crippen LogP contribution >= 0.6 is 0 Å². The van der Waals surface area contributed by atoms with Crippen LogP contribution in [0.4, 0.5) is 4.79 Å². The van der Waals surface area contributed by atoms with Crippen molar-refractivity contribution in [1.29, 1.82) is 0 Å². The minimum absolute atomic E-state index is 0.0277. The number of pyridine rings is 1. The number of amides is 2. The van der Waals surface area contributed by atoms with Crippen LogP contribution < -0.4 is 5.32 Å². The normalized spacial score (nSPS) is 34.4. The molecule has 0 radical (unpaired) electrons. The van der Waals surface area contributed by atoms with Gasteiger partial charge in [-0.05, 0) is 44.6 Å². The Kier molecular flexibility index (Phi) is 5.34. The molecule has 3 fully saturated rings. The number of hydrogen-bond acceptors (Lipinski definition) is 5. The fourth-order valence-electron chi connectivity index (χ4n) is 4.52. The van der Waals surface area contributed by atoms with Crippen LogP contribution in [0.25, 0.3) is 0 Å². The van der Waals surface area contributed by atoms with E-state index in [2.05, 4.69) is 10.3 Å². The molecule has 0 aromatic carbocycles. The van der Waals surface area contributed by atoms with E-state index in [9.17, 15) is 9.90 Å². The molecule has 148 valence electrons. The summed E-state index contributed by atoms with van der Waals surface area (Å²) in [6, 6.07) is 3.84. The first-order valence-electron chi connectivity index (χ1n) is 9.99. The van der Waals surface area contributed by atoms with Crippen molar-refractivity contribution in [1.82, 2.24) is 15.2 Å². The van der Waals surface area contributed by atoms with Crippen LogP contribution in [0.3, 0.4) is 0 Å². The van der Waals surface area contributed by atoms with Gasteiger partial charge in [0.2, 0.25) is 0 Å². The topological polar surface area (TPSA) is 83.9 Å². The van der Waals surface area contributed by atoms with E-state index in [0.717, 1.165) is 37.9 Å². The van der Waals surface area contributed by atoms with Crippen LogP contribution in [0.5, 0.6) is 0 Å². The molecule has 2 N–H and O–H groups in total. The summed E-state index contributed by atoms with van der Waals surface area (Å²) < 4.78 is 11.6. The van der Waals surface area contributed by atoms with Crippen LogP contribution in [-0.4, -0.2) is 65.6 Å². The first kappa shape index (κ1) is 18.7. The molecule has 1 aromatic rings. The molecule has 3 heterocycles. The molecule has 2 amide bonds. The first-order valence-corrected chi connectivity index (χ1v) is 9.99. The molecule has 4 rings (SSSR count). The van der Waals surface area contributed by atoms with E-state index in [1.54, 1.807) is 12.4 Å². The van der Waals surface area contributed by atoms with Crippen LogP contribution in [0, 0.1) is 0 Å². The third-order valence-electron chi connectivity index (χ3n) is 6.16. The largest absolute Gasteiger partial charge is 0.385 e. The van der Waals surface area contributed by atoms with Crippen LogP contribution in [0.15, 0.2) is 24.5 Å². The highest BCUT2D eigenvalue weighted by Gasteiger charge is 2.41. The summed E-state index contributed by atoms with van der Waals surface area (Å²) in [6.07, 6.45) is 8.15. The molecule has 0 bridgehead atoms. The van der Waals surface area contributed by atoms with E-state index in [1.807, 2.05) is 17.0 Å². The van der Waals surface area contributed by atoms with E-state index in [0.29, 0.717) is 39.1 Å². The van der Waals surface area contributed by atoms with Crippen molar-refractivity contribution in [3.8, 4) is 0 Å². The number of aliphatic hydroxyl groups is 1. The second-order valence-corrected chi connectivity index (χ2v) is 8.11. The molecule has 7 nitrogen and oxygen atoms in total. The van der Waals surface area contributed by atoms with Gasteiger partial charge >= 0.3 is 6.03 Å². The highest BCUT2D eigenvalue weighted by molar-refractivity contribution is 5.74. The molecule has 1 atom stereocenters. The SMILES string of the molecule is O=C(NC1CCC(O)(c2cccnc2)CC1)N1CCOC2(CCCOC2)C1. The standard InChI is InChI=1S/C20H29N3O4/c24-18(23-10-12-27-19(14-23)6-2-11-26-15-19)22-17-4-7-20(25,8-5-17)16-3-1-9-21-13-16/h1,3,9,13,17,25H,2,4-8,10-12,14-15H2,(H,22,24). The molecule has 1 aromatic heterocycles. The maximum Gasteiger partial charge on any atom is 0.317 e. The number of nitrogens with zero attached hydrogens (tertiary/aromatic N) is 2. The van der Waals surface area contributed by atoms with Gasteiger partial charge in [0.15, 0.2) is 0 Å². The Morgan fingerprint density at radius 2 is 2.15 bits per heavy atom. The van der Waals surface area contributed by atoms with Crippen molar-refractivity contribution in [2.24, 2.45) is 0 Å². The molecule has 3 aliphatic rings. The number of aromatic nitrogens is 1. The van der Waals surface area contributed by atoms with Gasteiger partial charge in [-0.15, -0.1) is 0 Å². The fraction of sp³-hybridized carbons (Fsp3) is 0.700. The number of rotatable bonds is 2. The van der Waals surface area contributed by atoms with Gasteiger partial charge in [0.25, 0.3) is 0 Å². The second-order valence-electron chi connectivity index (χ2n) is 8.11. The molecule has 27 heavy (non-hydrogen) atoms. The van der Waals surface area contributed by atoms with Gasteiger partial charge in [-0.2, -0.15) is 0 Å². The minimum Gasteiger partial charge on any atom is -0.385 e. The van der Waals surface area contributed by atoms with Gasteiger partial charge in [-0.3, -0.25) is 4.98 Å². The fourth-order valence-corrected chi connectivity index (χ4v) is 4.52. The Bertz CT molecular complexity index is 634. The monoisotopic (exact) mass is 375 g/mol. The second kappa shape index (κ2) is 7.73. The highest BCUT2D eigenvalue weighted by Crippen LogP contribution is 2.37. The summed E-state index contributed by atoms with van der Waals surface area (Å²) >= 11 is 0. The average Bonchev–Trinajstić information content (AvgIpc) is 2.71. The Morgan fingerprint density at radius 1 is 1.30 bits per heavy atom. The van der Waals surface area contributed by atoms with Gasteiger partial charge in [-0.25, -0.2) is 4.79 Å². The van der Waals surface area contributed by atoms with E-state index < -0.39 is 5.60 Å².